The highest BCUT2D eigenvalue weighted by atomic mass is 35.5. The normalized spacial score (nSPS) is 10.6. The van der Waals surface area contributed by atoms with Gasteiger partial charge in [0.15, 0.2) is 5.75 Å². The third-order valence-electron chi connectivity index (χ3n) is 3.80. The number of hydrogen-bond donors (Lipinski definition) is 1. The first-order valence-corrected chi connectivity index (χ1v) is 8.55. The van der Waals surface area contributed by atoms with Crippen molar-refractivity contribution in [3.63, 3.8) is 0 Å². The lowest BCUT2D eigenvalue weighted by molar-refractivity contribution is 0.408. The lowest BCUT2D eigenvalue weighted by Gasteiger charge is -2.14. The Morgan fingerprint density at radius 1 is 0.962 bits per heavy atom. The number of ether oxygens (including phenoxy) is 2. The molecule has 134 valence electrons. The monoisotopic (exact) mass is 391 g/mol. The Morgan fingerprint density at radius 3 is 2.23 bits per heavy atom. The van der Waals surface area contributed by atoms with Crippen LogP contribution < -0.4 is 15.2 Å². The molecule has 0 aliphatic carbocycles. The fourth-order valence-electron chi connectivity index (χ4n) is 2.57. The van der Waals surface area contributed by atoms with Crippen LogP contribution in [0.1, 0.15) is 11.1 Å². The number of rotatable bonds is 5. The van der Waals surface area contributed by atoms with Gasteiger partial charge in [-0.25, -0.2) is 4.39 Å². The van der Waals surface area contributed by atoms with Gasteiger partial charge in [-0.3, -0.25) is 0 Å². The zero-order chi connectivity index (χ0) is 18.7. The number of hydrogen-bond acceptors (Lipinski definition) is 3. The van der Waals surface area contributed by atoms with Gasteiger partial charge in [-0.05, 0) is 48.0 Å². The van der Waals surface area contributed by atoms with Gasteiger partial charge in [0.05, 0.1) is 17.2 Å². The number of halogens is 3. The minimum absolute atomic E-state index is 0.273. The van der Waals surface area contributed by atoms with E-state index in [2.05, 4.69) is 0 Å². The summed E-state index contributed by atoms with van der Waals surface area (Å²) in [5, 5.41) is 0.650. The van der Waals surface area contributed by atoms with Gasteiger partial charge in [0.2, 0.25) is 0 Å². The highest BCUT2D eigenvalue weighted by molar-refractivity contribution is 6.37. The molecule has 0 aliphatic rings. The van der Waals surface area contributed by atoms with Crippen LogP contribution in [0.25, 0.3) is 0 Å². The predicted molar refractivity (Wildman–Crippen MR) is 103 cm³/mol. The molecule has 3 aromatic carbocycles. The zero-order valence-corrected chi connectivity index (χ0v) is 15.4. The van der Waals surface area contributed by atoms with Crippen molar-refractivity contribution in [3.05, 3.63) is 81.6 Å². The number of nitrogen functional groups attached to an aromatic ring is 1. The second-order valence-corrected chi connectivity index (χ2v) is 6.51. The Kier molecular flexibility index (Phi) is 5.55. The van der Waals surface area contributed by atoms with E-state index in [1.165, 1.54) is 12.1 Å². The van der Waals surface area contributed by atoms with Crippen LogP contribution in [-0.4, -0.2) is 7.11 Å². The molecule has 0 aromatic heterocycles. The van der Waals surface area contributed by atoms with Crippen molar-refractivity contribution >= 4 is 28.9 Å². The summed E-state index contributed by atoms with van der Waals surface area (Å²) < 4.78 is 24.4. The van der Waals surface area contributed by atoms with Crippen LogP contribution in [0.2, 0.25) is 10.0 Å². The third kappa shape index (κ3) is 4.21. The molecule has 0 heterocycles. The van der Waals surface area contributed by atoms with Crippen molar-refractivity contribution < 1.29 is 13.9 Å². The van der Waals surface area contributed by atoms with Gasteiger partial charge < -0.3 is 15.2 Å². The minimum atomic E-state index is -0.273. The maximum absolute atomic E-state index is 13.1. The SMILES string of the molecule is COc1ccc(Oc2c(Cl)cc(N)cc2Cl)cc1Cc1ccc(F)cc1. The molecule has 0 aliphatic heterocycles. The van der Waals surface area contributed by atoms with E-state index in [1.54, 1.807) is 43.5 Å². The van der Waals surface area contributed by atoms with E-state index < -0.39 is 0 Å². The lowest BCUT2D eigenvalue weighted by atomic mass is 10.0. The molecular weight excluding hydrogens is 376 g/mol. The van der Waals surface area contributed by atoms with Crippen molar-refractivity contribution in [3.8, 4) is 17.2 Å². The highest BCUT2D eigenvalue weighted by Gasteiger charge is 2.12. The fourth-order valence-corrected chi connectivity index (χ4v) is 3.15. The summed E-state index contributed by atoms with van der Waals surface area (Å²) in [4.78, 5) is 0. The maximum Gasteiger partial charge on any atom is 0.164 e. The Bertz CT molecular complexity index is 907. The smallest absolute Gasteiger partial charge is 0.164 e. The number of benzene rings is 3. The summed E-state index contributed by atoms with van der Waals surface area (Å²) in [7, 11) is 1.59. The van der Waals surface area contributed by atoms with Crippen LogP contribution >= 0.6 is 23.2 Å². The quantitative estimate of drug-likeness (QED) is 0.533. The van der Waals surface area contributed by atoms with Crippen molar-refractivity contribution in [1.82, 2.24) is 0 Å². The molecule has 0 bridgehead atoms. The third-order valence-corrected chi connectivity index (χ3v) is 4.36. The maximum atomic E-state index is 13.1. The molecule has 0 radical (unpaired) electrons. The molecule has 3 rings (SSSR count). The standard InChI is InChI=1S/C20H16Cl2FNO2/c1-25-19-7-6-16(26-20-17(21)10-15(24)11-18(20)22)9-13(19)8-12-2-4-14(23)5-3-12/h2-7,9-11H,8,24H2,1H3. The second-order valence-electron chi connectivity index (χ2n) is 5.69. The molecule has 0 saturated carbocycles. The summed E-state index contributed by atoms with van der Waals surface area (Å²) in [6.45, 7) is 0. The van der Waals surface area contributed by atoms with Gasteiger partial charge in [0.1, 0.15) is 17.3 Å². The molecule has 3 aromatic rings. The second kappa shape index (κ2) is 7.85. The minimum Gasteiger partial charge on any atom is -0.496 e. The first kappa shape index (κ1) is 18.4. The molecule has 26 heavy (non-hydrogen) atoms. The number of anilines is 1. The molecule has 0 amide bonds. The van der Waals surface area contributed by atoms with Crippen LogP contribution in [0.5, 0.6) is 17.2 Å². The lowest BCUT2D eigenvalue weighted by Crippen LogP contribution is -1.96. The summed E-state index contributed by atoms with van der Waals surface area (Å²) in [6, 6.07) is 14.9. The van der Waals surface area contributed by atoms with Gasteiger partial charge in [0.25, 0.3) is 0 Å². The Labute approximate surface area is 161 Å². The number of nitrogens with two attached hydrogens (primary N) is 1. The van der Waals surface area contributed by atoms with Crippen LogP contribution in [0.3, 0.4) is 0 Å². The van der Waals surface area contributed by atoms with Crippen LogP contribution in [-0.2, 0) is 6.42 Å². The molecule has 2 N–H and O–H groups in total. The molecule has 0 fully saturated rings. The van der Waals surface area contributed by atoms with Gasteiger partial charge in [-0.15, -0.1) is 0 Å². The summed E-state index contributed by atoms with van der Waals surface area (Å²) in [5.74, 6) is 1.32. The summed E-state index contributed by atoms with van der Waals surface area (Å²) in [6.07, 6.45) is 0.559. The average molecular weight is 392 g/mol. The summed E-state index contributed by atoms with van der Waals surface area (Å²) in [5.41, 5.74) is 8.01. The van der Waals surface area contributed by atoms with E-state index in [0.29, 0.717) is 39.4 Å². The van der Waals surface area contributed by atoms with Crippen molar-refractivity contribution in [1.29, 1.82) is 0 Å². The Balaban J connectivity index is 1.91. The highest BCUT2D eigenvalue weighted by Crippen LogP contribution is 2.39. The van der Waals surface area contributed by atoms with E-state index in [4.69, 9.17) is 38.4 Å². The van der Waals surface area contributed by atoms with Gasteiger partial charge in [0, 0.05) is 17.7 Å². The molecule has 0 atom stereocenters. The van der Waals surface area contributed by atoms with Crippen LogP contribution in [0.15, 0.2) is 54.6 Å². The first-order valence-electron chi connectivity index (χ1n) is 7.80. The van der Waals surface area contributed by atoms with Gasteiger partial charge >= 0.3 is 0 Å². The average Bonchev–Trinajstić information content (AvgIpc) is 2.60. The molecule has 0 unspecified atom stereocenters. The summed E-state index contributed by atoms with van der Waals surface area (Å²) >= 11 is 12.4. The van der Waals surface area contributed by atoms with Crippen molar-refractivity contribution in [2.24, 2.45) is 0 Å². The predicted octanol–water partition coefficient (Wildman–Crippen LogP) is 6.11. The molecule has 0 spiro atoms. The van der Waals surface area contributed by atoms with E-state index in [9.17, 15) is 4.39 Å². The topological polar surface area (TPSA) is 44.5 Å². The molecule has 6 heteroatoms. The molecular formula is C20H16Cl2FNO2. The first-order chi connectivity index (χ1) is 12.5. The van der Waals surface area contributed by atoms with Crippen LogP contribution in [0, 0.1) is 5.82 Å². The van der Waals surface area contributed by atoms with Crippen molar-refractivity contribution in [2.75, 3.05) is 12.8 Å². The number of methoxy groups -OCH3 is 1. The van der Waals surface area contributed by atoms with E-state index >= 15 is 0 Å². The van der Waals surface area contributed by atoms with Gasteiger partial charge in [-0.2, -0.15) is 0 Å². The Hall–Kier alpha value is -2.43. The van der Waals surface area contributed by atoms with Crippen molar-refractivity contribution in [2.45, 2.75) is 6.42 Å². The van der Waals surface area contributed by atoms with E-state index in [1.807, 2.05) is 6.07 Å². The van der Waals surface area contributed by atoms with Crippen LogP contribution in [0.4, 0.5) is 10.1 Å². The van der Waals surface area contributed by atoms with E-state index in [-0.39, 0.29) is 5.82 Å². The molecule has 0 saturated heterocycles. The van der Waals surface area contributed by atoms with E-state index in [0.717, 1.165) is 11.1 Å². The van der Waals surface area contributed by atoms with Gasteiger partial charge in [-0.1, -0.05) is 35.3 Å². The largest absolute Gasteiger partial charge is 0.496 e. The Morgan fingerprint density at radius 2 is 1.62 bits per heavy atom. The molecule has 3 nitrogen and oxygen atoms in total. The zero-order valence-electron chi connectivity index (χ0n) is 13.9. The fraction of sp³-hybridized carbons (Fsp3) is 0.100.